The summed E-state index contributed by atoms with van der Waals surface area (Å²) < 4.78 is 5.53. The molecule has 64 valence electrons. The van der Waals surface area contributed by atoms with Crippen LogP contribution < -0.4 is 0 Å². The van der Waals surface area contributed by atoms with Crippen LogP contribution in [0.1, 0.15) is 12.8 Å². The Hall–Kier alpha value is -0.350. The van der Waals surface area contributed by atoms with Crippen LogP contribution in [0.2, 0.25) is 0 Å². The van der Waals surface area contributed by atoms with Gasteiger partial charge in [-0.2, -0.15) is 0 Å². The zero-order valence-electron chi connectivity index (χ0n) is 6.36. The molecule has 3 nitrogen and oxygen atoms in total. The topological polar surface area (TPSA) is 43.4 Å². The van der Waals surface area contributed by atoms with Crippen LogP contribution in [0.25, 0.3) is 0 Å². The van der Waals surface area contributed by atoms with Crippen molar-refractivity contribution < 1.29 is 14.3 Å². The molecule has 2 bridgehead atoms. The van der Waals surface area contributed by atoms with E-state index in [1.54, 1.807) is 0 Å². The van der Waals surface area contributed by atoms with Gasteiger partial charge in [0.2, 0.25) is 10.2 Å². The summed E-state index contributed by atoms with van der Waals surface area (Å²) in [7, 11) is 0. The first-order valence-corrected chi connectivity index (χ1v) is 5.00. The average molecular weight is 184 g/mol. The van der Waals surface area contributed by atoms with Gasteiger partial charge in [0.05, 0.1) is 24.0 Å². The maximum Gasteiger partial charge on any atom is 0.202 e. The highest BCUT2D eigenvalue weighted by molar-refractivity contribution is 8.26. The number of carbonyl (C=O) groups excluding carboxylic acids is 2. The fraction of sp³-hybridized carbons (Fsp3) is 0.750. The molecule has 0 aromatic rings. The van der Waals surface area contributed by atoms with E-state index in [1.165, 1.54) is 0 Å². The van der Waals surface area contributed by atoms with Crippen molar-refractivity contribution in [3.05, 3.63) is 0 Å². The number of rotatable bonds is 0. The van der Waals surface area contributed by atoms with Crippen molar-refractivity contribution in [1.29, 1.82) is 0 Å². The Morgan fingerprint density at radius 3 is 2.08 bits per heavy atom. The minimum atomic E-state index is -0.0961. The van der Waals surface area contributed by atoms with Gasteiger partial charge in [-0.25, -0.2) is 0 Å². The molecule has 3 saturated heterocycles. The van der Waals surface area contributed by atoms with E-state index in [1.807, 2.05) is 0 Å². The van der Waals surface area contributed by atoms with Gasteiger partial charge in [-0.05, 0) is 24.6 Å². The Kier molecular flexibility index (Phi) is 1.25. The predicted molar refractivity (Wildman–Crippen MR) is 42.5 cm³/mol. The summed E-state index contributed by atoms with van der Waals surface area (Å²) in [5.74, 6) is -0.192. The third-order valence-electron chi connectivity index (χ3n) is 3.02. The Labute approximate surface area is 73.8 Å². The highest BCUT2D eigenvalue weighted by Gasteiger charge is 2.59. The highest BCUT2D eigenvalue weighted by atomic mass is 32.2. The molecule has 0 N–H and O–H groups in total. The first kappa shape index (κ1) is 7.09. The van der Waals surface area contributed by atoms with Crippen LogP contribution in [0, 0.1) is 11.8 Å². The van der Waals surface area contributed by atoms with E-state index in [-0.39, 0.29) is 34.3 Å². The van der Waals surface area contributed by atoms with Crippen LogP contribution in [-0.2, 0) is 14.3 Å². The summed E-state index contributed by atoms with van der Waals surface area (Å²) in [4.78, 5) is 22.6. The fourth-order valence-corrected chi connectivity index (χ4v) is 3.58. The second-order valence-electron chi connectivity index (χ2n) is 3.58. The molecule has 3 aliphatic heterocycles. The normalized spacial score (nSPS) is 50.3. The average Bonchev–Trinajstić information content (AvgIpc) is 2.64. The summed E-state index contributed by atoms with van der Waals surface area (Å²) in [6, 6.07) is 0. The van der Waals surface area contributed by atoms with Crippen LogP contribution in [-0.4, -0.2) is 22.4 Å². The minimum absolute atomic E-state index is 0.0391. The molecule has 0 spiro atoms. The summed E-state index contributed by atoms with van der Waals surface area (Å²) in [5, 5.41) is 0.0781. The quantitative estimate of drug-likeness (QED) is 0.552. The Morgan fingerprint density at radius 2 is 1.58 bits per heavy atom. The zero-order valence-corrected chi connectivity index (χ0v) is 7.17. The first-order valence-electron chi connectivity index (χ1n) is 4.18. The SMILES string of the molecule is O=C1SC(=O)[C@H]2[C@H]1[C@@H]1CC[C@H]2O1. The third kappa shape index (κ3) is 0.677. The van der Waals surface area contributed by atoms with Gasteiger partial charge in [0, 0.05) is 0 Å². The van der Waals surface area contributed by atoms with Gasteiger partial charge in [-0.1, -0.05) is 0 Å². The molecule has 12 heavy (non-hydrogen) atoms. The molecule has 0 aromatic carbocycles. The van der Waals surface area contributed by atoms with E-state index in [9.17, 15) is 9.59 Å². The van der Waals surface area contributed by atoms with Crippen LogP contribution in [0.15, 0.2) is 0 Å². The molecule has 0 radical (unpaired) electrons. The van der Waals surface area contributed by atoms with Gasteiger partial charge >= 0.3 is 0 Å². The number of hydrogen-bond acceptors (Lipinski definition) is 4. The number of carbonyl (C=O) groups is 2. The van der Waals surface area contributed by atoms with Crippen molar-refractivity contribution in [2.75, 3.05) is 0 Å². The summed E-state index contributed by atoms with van der Waals surface area (Å²) in [6.45, 7) is 0. The maximum atomic E-state index is 11.3. The van der Waals surface area contributed by atoms with Gasteiger partial charge in [0.25, 0.3) is 0 Å². The van der Waals surface area contributed by atoms with Crippen molar-refractivity contribution in [3.63, 3.8) is 0 Å². The smallest absolute Gasteiger partial charge is 0.202 e. The largest absolute Gasteiger partial charge is 0.373 e. The number of hydrogen-bond donors (Lipinski definition) is 0. The zero-order chi connectivity index (χ0) is 8.29. The number of fused-ring (bicyclic) bond motifs is 5. The molecule has 0 aromatic heterocycles. The molecule has 3 fully saturated rings. The molecule has 3 rings (SSSR count). The lowest BCUT2D eigenvalue weighted by molar-refractivity contribution is -0.119. The van der Waals surface area contributed by atoms with E-state index >= 15 is 0 Å². The van der Waals surface area contributed by atoms with Gasteiger partial charge in [-0.3, -0.25) is 9.59 Å². The van der Waals surface area contributed by atoms with Crippen molar-refractivity contribution in [2.45, 2.75) is 25.0 Å². The molecular weight excluding hydrogens is 176 g/mol. The van der Waals surface area contributed by atoms with Crippen LogP contribution >= 0.6 is 11.8 Å². The van der Waals surface area contributed by atoms with E-state index in [0.29, 0.717) is 0 Å². The summed E-state index contributed by atoms with van der Waals surface area (Å²) in [6.07, 6.45) is 2.05. The molecule has 4 heteroatoms. The number of thioether (sulfide) groups is 1. The van der Waals surface area contributed by atoms with Gasteiger partial charge in [0.15, 0.2) is 0 Å². The van der Waals surface area contributed by atoms with Crippen molar-refractivity contribution in [2.24, 2.45) is 11.8 Å². The summed E-state index contributed by atoms with van der Waals surface area (Å²) >= 11 is 0.902. The van der Waals surface area contributed by atoms with E-state index in [0.717, 1.165) is 24.6 Å². The van der Waals surface area contributed by atoms with Crippen molar-refractivity contribution in [1.82, 2.24) is 0 Å². The lowest BCUT2D eigenvalue weighted by atomic mass is 9.81. The maximum absolute atomic E-state index is 11.3. The molecule has 4 atom stereocenters. The fourth-order valence-electron chi connectivity index (χ4n) is 2.51. The van der Waals surface area contributed by atoms with E-state index < -0.39 is 0 Å². The number of ether oxygens (including phenoxy) is 1. The first-order chi connectivity index (χ1) is 5.77. The Morgan fingerprint density at radius 1 is 1.08 bits per heavy atom. The van der Waals surface area contributed by atoms with Crippen LogP contribution in [0.5, 0.6) is 0 Å². The molecular formula is C8H8O3S. The molecule has 0 aliphatic carbocycles. The van der Waals surface area contributed by atoms with Gasteiger partial charge < -0.3 is 4.74 Å². The molecule has 0 unspecified atom stereocenters. The predicted octanol–water partition coefficient (Wildman–Crippen LogP) is 0.580. The van der Waals surface area contributed by atoms with Crippen LogP contribution in [0.3, 0.4) is 0 Å². The molecule has 3 aliphatic rings. The van der Waals surface area contributed by atoms with Gasteiger partial charge in [0.1, 0.15) is 0 Å². The van der Waals surface area contributed by atoms with E-state index in [2.05, 4.69) is 0 Å². The van der Waals surface area contributed by atoms with Crippen molar-refractivity contribution >= 4 is 22.0 Å². The monoisotopic (exact) mass is 184 g/mol. The molecule has 0 saturated carbocycles. The highest BCUT2D eigenvalue weighted by Crippen LogP contribution is 2.51. The third-order valence-corrected chi connectivity index (χ3v) is 3.97. The summed E-state index contributed by atoms with van der Waals surface area (Å²) in [5.41, 5.74) is 0. The molecule has 3 heterocycles. The standard InChI is InChI=1S/C8H8O3S/c9-7-5-3-1-2-4(11-3)6(5)8(10)12-7/h3-6H,1-2H2/t3-,4+,5-,6-/m1/s1. The minimum Gasteiger partial charge on any atom is -0.373 e. The molecule has 0 amide bonds. The lowest BCUT2D eigenvalue weighted by Crippen LogP contribution is -2.29. The Balaban J connectivity index is 2.03. The van der Waals surface area contributed by atoms with Crippen molar-refractivity contribution in [3.8, 4) is 0 Å². The lowest BCUT2D eigenvalue weighted by Gasteiger charge is -2.15. The van der Waals surface area contributed by atoms with Crippen LogP contribution in [0.4, 0.5) is 0 Å². The Bertz CT molecular complexity index is 249. The van der Waals surface area contributed by atoms with Gasteiger partial charge in [-0.15, -0.1) is 0 Å². The second kappa shape index (κ2) is 2.12. The van der Waals surface area contributed by atoms with E-state index in [4.69, 9.17) is 4.74 Å². The second-order valence-corrected chi connectivity index (χ2v) is 4.59.